The zero-order valence-electron chi connectivity index (χ0n) is 9.89. The van der Waals surface area contributed by atoms with Crippen LogP contribution >= 0.6 is 23.7 Å². The van der Waals surface area contributed by atoms with E-state index >= 15 is 0 Å². The topological polar surface area (TPSA) is 45.2 Å². The van der Waals surface area contributed by atoms with Crippen LogP contribution in [0.15, 0.2) is 11.6 Å². The van der Waals surface area contributed by atoms with E-state index in [9.17, 15) is 4.79 Å². The van der Waals surface area contributed by atoms with Crippen LogP contribution in [0, 0.1) is 0 Å². The van der Waals surface area contributed by atoms with Crippen LogP contribution in [0.2, 0.25) is 0 Å². The van der Waals surface area contributed by atoms with E-state index in [-0.39, 0.29) is 18.2 Å². The van der Waals surface area contributed by atoms with Crippen LogP contribution in [0.25, 0.3) is 0 Å². The second-order valence-electron chi connectivity index (χ2n) is 4.18. The molecule has 1 aromatic rings. The van der Waals surface area contributed by atoms with Crippen molar-refractivity contribution in [3.63, 3.8) is 0 Å². The molecule has 1 aliphatic rings. The average Bonchev–Trinajstić information content (AvgIpc) is 2.83. The second kappa shape index (κ2) is 7.06. The molecule has 0 unspecified atom stereocenters. The van der Waals surface area contributed by atoms with Gasteiger partial charge in [0.25, 0.3) is 0 Å². The van der Waals surface area contributed by atoms with Crippen LogP contribution in [0.1, 0.15) is 22.6 Å². The van der Waals surface area contributed by atoms with Crippen LogP contribution in [-0.4, -0.2) is 48.4 Å². The lowest BCUT2D eigenvalue weighted by Gasteiger charge is -2.30. The molecule has 0 radical (unpaired) electrons. The molecule has 2 rings (SSSR count). The molecular formula is C11H18ClN3OS. The zero-order valence-corrected chi connectivity index (χ0v) is 11.5. The Bertz CT molecular complexity index is 338. The lowest BCUT2D eigenvalue weighted by atomic mass is 10.1. The monoisotopic (exact) mass is 275 g/mol. The van der Waals surface area contributed by atoms with Gasteiger partial charge in [0, 0.05) is 24.2 Å². The van der Waals surface area contributed by atoms with E-state index in [4.69, 9.17) is 0 Å². The molecule has 1 atom stereocenters. The summed E-state index contributed by atoms with van der Waals surface area (Å²) < 4.78 is 0. The highest BCUT2D eigenvalue weighted by atomic mass is 35.5. The van der Waals surface area contributed by atoms with Gasteiger partial charge in [-0.05, 0) is 26.4 Å². The molecule has 0 spiro atoms. The predicted octanol–water partition coefficient (Wildman–Crippen LogP) is 1.43. The third-order valence-electron chi connectivity index (χ3n) is 2.96. The molecule has 1 aromatic heterocycles. The van der Waals surface area contributed by atoms with E-state index in [1.165, 1.54) is 24.2 Å². The maximum atomic E-state index is 11.8. The van der Waals surface area contributed by atoms with E-state index in [0.29, 0.717) is 17.6 Å². The Labute approximate surface area is 112 Å². The SMILES string of the molecule is CN(CC(=O)c1nccs1)[C@H]1CCCNC1.Cl. The van der Waals surface area contributed by atoms with Gasteiger partial charge < -0.3 is 5.32 Å². The number of hydrogen-bond donors (Lipinski definition) is 1. The van der Waals surface area contributed by atoms with Gasteiger partial charge in [-0.1, -0.05) is 0 Å². The maximum absolute atomic E-state index is 11.8. The lowest BCUT2D eigenvalue weighted by Crippen LogP contribution is -2.45. The van der Waals surface area contributed by atoms with Gasteiger partial charge >= 0.3 is 0 Å². The first kappa shape index (κ1) is 14.6. The Morgan fingerprint density at radius 3 is 3.12 bits per heavy atom. The van der Waals surface area contributed by atoms with Crippen molar-refractivity contribution in [1.29, 1.82) is 0 Å². The summed E-state index contributed by atoms with van der Waals surface area (Å²) in [5.41, 5.74) is 0. The fraction of sp³-hybridized carbons (Fsp3) is 0.636. The minimum Gasteiger partial charge on any atom is -0.315 e. The molecular weight excluding hydrogens is 258 g/mol. The molecule has 17 heavy (non-hydrogen) atoms. The zero-order chi connectivity index (χ0) is 11.4. The highest BCUT2D eigenvalue weighted by Crippen LogP contribution is 2.11. The first-order valence-corrected chi connectivity index (χ1v) is 6.49. The van der Waals surface area contributed by atoms with Crippen molar-refractivity contribution >= 4 is 29.5 Å². The van der Waals surface area contributed by atoms with E-state index in [0.717, 1.165) is 13.1 Å². The molecule has 1 saturated heterocycles. The summed E-state index contributed by atoms with van der Waals surface area (Å²) >= 11 is 1.42. The number of aromatic nitrogens is 1. The van der Waals surface area contributed by atoms with Crippen molar-refractivity contribution in [3.8, 4) is 0 Å². The number of likely N-dealkylation sites (N-methyl/N-ethyl adjacent to an activating group) is 1. The number of nitrogens with zero attached hydrogens (tertiary/aromatic N) is 2. The highest BCUT2D eigenvalue weighted by molar-refractivity contribution is 7.11. The Kier molecular flexibility index (Phi) is 6.05. The van der Waals surface area contributed by atoms with Gasteiger partial charge in [-0.2, -0.15) is 0 Å². The van der Waals surface area contributed by atoms with E-state index in [1.807, 2.05) is 12.4 Å². The van der Waals surface area contributed by atoms with Crippen LogP contribution < -0.4 is 5.32 Å². The van der Waals surface area contributed by atoms with Crippen molar-refractivity contribution in [2.24, 2.45) is 0 Å². The number of rotatable bonds is 4. The number of carbonyl (C=O) groups is 1. The van der Waals surface area contributed by atoms with E-state index < -0.39 is 0 Å². The Hall–Kier alpha value is -0.490. The molecule has 0 amide bonds. The normalized spacial score (nSPS) is 20.0. The van der Waals surface area contributed by atoms with E-state index in [1.54, 1.807) is 6.20 Å². The summed E-state index contributed by atoms with van der Waals surface area (Å²) in [6.07, 6.45) is 4.05. The van der Waals surface area contributed by atoms with Gasteiger partial charge in [-0.25, -0.2) is 4.98 Å². The standard InChI is InChI=1S/C11H17N3OS.ClH/c1-14(9-3-2-4-12-7-9)8-10(15)11-13-5-6-16-11;/h5-6,9,12H,2-4,7-8H2,1H3;1H/t9-;/m0./s1. The van der Waals surface area contributed by atoms with Crippen molar-refractivity contribution in [2.75, 3.05) is 26.7 Å². The third kappa shape index (κ3) is 4.03. The first-order chi connectivity index (χ1) is 7.77. The quantitative estimate of drug-likeness (QED) is 0.845. The van der Waals surface area contributed by atoms with Crippen LogP contribution in [0.3, 0.4) is 0 Å². The highest BCUT2D eigenvalue weighted by Gasteiger charge is 2.20. The molecule has 96 valence electrons. The summed E-state index contributed by atoms with van der Waals surface area (Å²) in [6, 6.07) is 0.484. The maximum Gasteiger partial charge on any atom is 0.205 e. The Morgan fingerprint density at radius 2 is 2.53 bits per heavy atom. The molecule has 0 saturated carbocycles. The Balaban J connectivity index is 0.00000144. The molecule has 1 aliphatic heterocycles. The Morgan fingerprint density at radius 1 is 1.71 bits per heavy atom. The first-order valence-electron chi connectivity index (χ1n) is 5.61. The van der Waals surface area contributed by atoms with Gasteiger partial charge in [0.1, 0.15) is 0 Å². The molecule has 1 fully saturated rings. The molecule has 4 nitrogen and oxygen atoms in total. The van der Waals surface area contributed by atoms with Crippen LogP contribution in [-0.2, 0) is 0 Å². The predicted molar refractivity (Wildman–Crippen MR) is 72.2 cm³/mol. The molecule has 6 heteroatoms. The van der Waals surface area contributed by atoms with Gasteiger partial charge in [0.05, 0.1) is 6.54 Å². The third-order valence-corrected chi connectivity index (χ3v) is 3.77. The number of hydrogen-bond acceptors (Lipinski definition) is 5. The largest absolute Gasteiger partial charge is 0.315 e. The summed E-state index contributed by atoms with van der Waals surface area (Å²) in [5, 5.41) is 5.82. The van der Waals surface area contributed by atoms with Crippen molar-refractivity contribution in [3.05, 3.63) is 16.6 Å². The fourth-order valence-corrected chi connectivity index (χ4v) is 2.56. The number of carbonyl (C=O) groups excluding carboxylic acids is 1. The van der Waals surface area contributed by atoms with E-state index in [2.05, 4.69) is 15.2 Å². The molecule has 0 aliphatic carbocycles. The number of nitrogens with one attached hydrogen (secondary N) is 1. The lowest BCUT2D eigenvalue weighted by molar-refractivity contribution is 0.0906. The minimum atomic E-state index is 0. The van der Waals surface area contributed by atoms with Gasteiger partial charge in [0.15, 0.2) is 5.01 Å². The van der Waals surface area contributed by atoms with Crippen molar-refractivity contribution < 1.29 is 4.79 Å². The van der Waals surface area contributed by atoms with Gasteiger partial charge in [-0.15, -0.1) is 23.7 Å². The number of halogens is 1. The molecule has 2 heterocycles. The fourth-order valence-electron chi connectivity index (χ4n) is 1.99. The van der Waals surface area contributed by atoms with Crippen LogP contribution in [0.4, 0.5) is 0 Å². The number of thiazole rings is 1. The molecule has 0 bridgehead atoms. The van der Waals surface area contributed by atoms with Crippen LogP contribution in [0.5, 0.6) is 0 Å². The number of Topliss-reactive ketones (excluding diaryl/α,β-unsaturated/α-hetero) is 1. The molecule has 1 N–H and O–H groups in total. The minimum absolute atomic E-state index is 0. The number of ketones is 1. The smallest absolute Gasteiger partial charge is 0.205 e. The summed E-state index contributed by atoms with van der Waals surface area (Å²) in [7, 11) is 2.02. The summed E-state index contributed by atoms with van der Waals surface area (Å²) in [5.74, 6) is 0.128. The second-order valence-corrected chi connectivity index (χ2v) is 5.07. The molecule has 0 aromatic carbocycles. The van der Waals surface area contributed by atoms with Crippen molar-refractivity contribution in [2.45, 2.75) is 18.9 Å². The van der Waals surface area contributed by atoms with Gasteiger partial charge in [-0.3, -0.25) is 9.69 Å². The summed E-state index contributed by atoms with van der Waals surface area (Å²) in [6.45, 7) is 2.56. The van der Waals surface area contributed by atoms with Gasteiger partial charge in [0.2, 0.25) is 5.78 Å². The van der Waals surface area contributed by atoms with Crippen molar-refractivity contribution in [1.82, 2.24) is 15.2 Å². The summed E-state index contributed by atoms with van der Waals surface area (Å²) in [4.78, 5) is 18.0. The number of piperidine rings is 1. The average molecular weight is 276 g/mol.